The van der Waals surface area contributed by atoms with Crippen LogP contribution in [0.25, 0.3) is 11.5 Å². The minimum Gasteiger partial charge on any atom is -0.465 e. The topological polar surface area (TPSA) is 116 Å². The molecular weight excluding hydrogens is 446 g/mol. The molecule has 3 heterocycles. The molecule has 0 radical (unpaired) electrons. The smallest absolute Gasteiger partial charge is 0.433 e. The van der Waals surface area contributed by atoms with Crippen LogP contribution in [0.3, 0.4) is 0 Å². The number of hydrogen-bond acceptors (Lipinski definition) is 7. The molecule has 0 aromatic carbocycles. The zero-order chi connectivity index (χ0) is 23.8. The standard InChI is InChI=1S/C20H23F4N7O2/c1-19(21)7-5-11(9-19)25-16-28-15(13-3-2-4-14(27-13)20(22,23)24)29-17(30-16)26-12-6-8-31(10-12)18(32)33/h2-4,11-12H,5-10H2,1H3,(H,32,33)(H2,25,26,28,29,30). The van der Waals surface area contributed by atoms with Crippen molar-refractivity contribution >= 4 is 18.0 Å². The summed E-state index contributed by atoms with van der Waals surface area (Å²) >= 11 is 0. The highest BCUT2D eigenvalue weighted by molar-refractivity contribution is 5.65. The molecule has 1 aliphatic heterocycles. The molecule has 9 nitrogen and oxygen atoms in total. The van der Waals surface area contributed by atoms with Gasteiger partial charge in [-0.3, -0.25) is 0 Å². The van der Waals surface area contributed by atoms with Gasteiger partial charge in [0, 0.05) is 31.6 Å². The molecule has 2 aliphatic rings. The second kappa shape index (κ2) is 8.60. The predicted molar refractivity (Wildman–Crippen MR) is 110 cm³/mol. The van der Waals surface area contributed by atoms with E-state index in [0.29, 0.717) is 25.8 Å². The predicted octanol–water partition coefficient (Wildman–Crippen LogP) is 3.81. The molecule has 2 aromatic heterocycles. The van der Waals surface area contributed by atoms with Crippen molar-refractivity contribution in [1.29, 1.82) is 0 Å². The van der Waals surface area contributed by atoms with Crippen molar-refractivity contribution in [3.63, 3.8) is 0 Å². The highest BCUT2D eigenvalue weighted by Crippen LogP contribution is 2.34. The number of amides is 1. The number of rotatable bonds is 5. The number of hydrogen-bond donors (Lipinski definition) is 3. The number of likely N-dealkylation sites (tertiary alicyclic amines) is 1. The SMILES string of the molecule is CC1(F)CCC(Nc2nc(NC3CCN(C(=O)O)C3)nc(-c3cccc(C(F)(F)F)n3)n2)C1. The lowest BCUT2D eigenvalue weighted by Gasteiger charge is -2.17. The van der Waals surface area contributed by atoms with E-state index < -0.39 is 23.6 Å². The molecule has 0 spiro atoms. The Kier molecular flexibility index (Phi) is 5.97. The van der Waals surface area contributed by atoms with E-state index in [9.17, 15) is 22.4 Å². The van der Waals surface area contributed by atoms with Gasteiger partial charge in [0.05, 0.1) is 0 Å². The third-order valence-corrected chi connectivity index (χ3v) is 5.72. The molecule has 1 saturated carbocycles. The number of pyridine rings is 1. The molecule has 0 bridgehead atoms. The fourth-order valence-corrected chi connectivity index (χ4v) is 4.07. The first-order chi connectivity index (χ1) is 15.5. The Labute approximate surface area is 186 Å². The van der Waals surface area contributed by atoms with Crippen LogP contribution < -0.4 is 10.6 Å². The molecule has 13 heteroatoms. The zero-order valence-corrected chi connectivity index (χ0v) is 17.7. The number of nitrogens with one attached hydrogen (secondary N) is 2. The molecule has 3 atom stereocenters. The van der Waals surface area contributed by atoms with Crippen LogP contribution in [0.4, 0.5) is 34.3 Å². The van der Waals surface area contributed by atoms with Gasteiger partial charge in [0.1, 0.15) is 17.1 Å². The Balaban J connectivity index is 1.63. The highest BCUT2D eigenvalue weighted by Gasteiger charge is 2.36. The summed E-state index contributed by atoms with van der Waals surface area (Å²) in [6.07, 6.45) is -3.99. The van der Waals surface area contributed by atoms with Crippen molar-refractivity contribution in [2.45, 2.75) is 56.5 Å². The van der Waals surface area contributed by atoms with E-state index in [-0.39, 0.29) is 48.5 Å². The minimum atomic E-state index is -4.63. The van der Waals surface area contributed by atoms with Crippen molar-refractivity contribution in [2.75, 3.05) is 23.7 Å². The minimum absolute atomic E-state index is 0.0694. The summed E-state index contributed by atoms with van der Waals surface area (Å²) in [6.45, 7) is 2.06. The lowest BCUT2D eigenvalue weighted by atomic mass is 10.1. The lowest BCUT2D eigenvalue weighted by molar-refractivity contribution is -0.141. The van der Waals surface area contributed by atoms with Crippen LogP contribution in [0.1, 0.15) is 38.3 Å². The zero-order valence-electron chi connectivity index (χ0n) is 17.7. The number of carboxylic acid groups (broad SMARTS) is 1. The summed E-state index contributed by atoms with van der Waals surface area (Å²) in [5.74, 6) is 0.0626. The quantitative estimate of drug-likeness (QED) is 0.566. The van der Waals surface area contributed by atoms with Gasteiger partial charge in [-0.2, -0.15) is 28.1 Å². The maximum absolute atomic E-state index is 14.2. The fourth-order valence-electron chi connectivity index (χ4n) is 4.07. The third-order valence-electron chi connectivity index (χ3n) is 5.72. The van der Waals surface area contributed by atoms with Crippen LogP contribution in [-0.4, -0.2) is 66.9 Å². The number of anilines is 2. The average Bonchev–Trinajstić information content (AvgIpc) is 3.33. The average molecular weight is 469 g/mol. The molecule has 3 N–H and O–H groups in total. The number of nitrogens with zero attached hydrogens (tertiary/aromatic N) is 5. The molecular formula is C20H23F4N7O2. The van der Waals surface area contributed by atoms with Gasteiger partial charge in [-0.05, 0) is 38.3 Å². The third kappa shape index (κ3) is 5.57. The van der Waals surface area contributed by atoms with Crippen LogP contribution >= 0.6 is 0 Å². The Morgan fingerprint density at radius 2 is 1.82 bits per heavy atom. The lowest BCUT2D eigenvalue weighted by Crippen LogP contribution is -2.30. The van der Waals surface area contributed by atoms with Gasteiger partial charge in [0.15, 0.2) is 5.82 Å². The first-order valence-electron chi connectivity index (χ1n) is 10.5. The van der Waals surface area contributed by atoms with Gasteiger partial charge in [-0.1, -0.05) is 6.07 Å². The Bertz CT molecular complexity index is 1030. The Hall–Kier alpha value is -3.25. The summed E-state index contributed by atoms with van der Waals surface area (Å²) in [5.41, 5.74) is -2.50. The summed E-state index contributed by atoms with van der Waals surface area (Å²) in [6, 6.07) is 2.89. The van der Waals surface area contributed by atoms with Crippen LogP contribution in [0.15, 0.2) is 18.2 Å². The largest absolute Gasteiger partial charge is 0.465 e. The van der Waals surface area contributed by atoms with Gasteiger partial charge >= 0.3 is 12.3 Å². The van der Waals surface area contributed by atoms with Gasteiger partial charge in [-0.15, -0.1) is 0 Å². The molecule has 4 rings (SSSR count). The van der Waals surface area contributed by atoms with E-state index in [0.717, 1.165) is 6.07 Å². The van der Waals surface area contributed by atoms with Crippen molar-refractivity contribution in [2.24, 2.45) is 0 Å². The number of carbonyl (C=O) groups is 1. The van der Waals surface area contributed by atoms with Crippen LogP contribution in [-0.2, 0) is 6.18 Å². The van der Waals surface area contributed by atoms with Gasteiger partial charge < -0.3 is 20.6 Å². The fraction of sp³-hybridized carbons (Fsp3) is 0.550. The van der Waals surface area contributed by atoms with Crippen LogP contribution in [0.2, 0.25) is 0 Å². The molecule has 1 saturated heterocycles. The monoisotopic (exact) mass is 469 g/mol. The first-order valence-corrected chi connectivity index (χ1v) is 10.5. The Morgan fingerprint density at radius 1 is 1.12 bits per heavy atom. The second-order valence-electron chi connectivity index (χ2n) is 8.57. The van der Waals surface area contributed by atoms with Crippen molar-refractivity contribution < 1.29 is 27.5 Å². The summed E-state index contributed by atoms with van der Waals surface area (Å²) in [7, 11) is 0. The number of alkyl halides is 4. The van der Waals surface area contributed by atoms with Crippen molar-refractivity contribution in [3.8, 4) is 11.5 Å². The van der Waals surface area contributed by atoms with Crippen molar-refractivity contribution in [1.82, 2.24) is 24.8 Å². The van der Waals surface area contributed by atoms with Crippen molar-refractivity contribution in [3.05, 3.63) is 23.9 Å². The van der Waals surface area contributed by atoms with E-state index in [1.54, 1.807) is 0 Å². The molecule has 1 aliphatic carbocycles. The number of aromatic nitrogens is 4. The van der Waals surface area contributed by atoms with E-state index in [1.807, 2.05) is 0 Å². The van der Waals surface area contributed by atoms with E-state index in [1.165, 1.54) is 24.0 Å². The van der Waals surface area contributed by atoms with E-state index >= 15 is 0 Å². The summed E-state index contributed by atoms with van der Waals surface area (Å²) in [4.78, 5) is 28.8. The molecule has 33 heavy (non-hydrogen) atoms. The van der Waals surface area contributed by atoms with E-state index in [4.69, 9.17) is 5.11 Å². The molecule has 2 fully saturated rings. The maximum atomic E-state index is 14.2. The first kappa shape index (κ1) is 22.9. The van der Waals surface area contributed by atoms with Gasteiger partial charge in [-0.25, -0.2) is 14.2 Å². The normalized spacial score (nSPS) is 25.3. The molecule has 1 amide bonds. The second-order valence-corrected chi connectivity index (χ2v) is 8.57. The van der Waals surface area contributed by atoms with Gasteiger partial charge in [0.2, 0.25) is 11.9 Å². The number of halogens is 4. The van der Waals surface area contributed by atoms with Crippen LogP contribution in [0.5, 0.6) is 0 Å². The summed E-state index contributed by atoms with van der Waals surface area (Å²) in [5, 5.41) is 15.2. The van der Waals surface area contributed by atoms with E-state index in [2.05, 4.69) is 30.6 Å². The Morgan fingerprint density at radius 3 is 2.39 bits per heavy atom. The molecule has 3 unspecified atom stereocenters. The van der Waals surface area contributed by atoms with Gasteiger partial charge in [0.25, 0.3) is 0 Å². The summed E-state index contributed by atoms with van der Waals surface area (Å²) < 4.78 is 53.6. The molecule has 2 aromatic rings. The van der Waals surface area contributed by atoms with Crippen LogP contribution in [0, 0.1) is 0 Å². The molecule has 178 valence electrons. The maximum Gasteiger partial charge on any atom is 0.433 e. The highest BCUT2D eigenvalue weighted by atomic mass is 19.4.